The molecule has 4 aromatic rings. The summed E-state index contributed by atoms with van der Waals surface area (Å²) in [5, 5.41) is 3.52. The van der Waals surface area contributed by atoms with Gasteiger partial charge in [0.1, 0.15) is 5.75 Å². The van der Waals surface area contributed by atoms with Crippen LogP contribution in [-0.4, -0.2) is 29.0 Å². The quantitative estimate of drug-likeness (QED) is 0.225. The standard InChI is InChI=1S/C30H33N3O4/c1-5-6-20-37-30(35)23-12-16-24(17-13-23)31-28(22-14-18-26(36-4)19-15-22)27-21(2)32(3)33(29(27)34)25-10-8-7-9-11-25/h7-19,28,31H,5-6,20H2,1-4H3. The van der Waals surface area contributed by atoms with E-state index in [4.69, 9.17) is 9.47 Å². The molecule has 37 heavy (non-hydrogen) atoms. The molecule has 0 bridgehead atoms. The third-order valence-electron chi connectivity index (χ3n) is 6.50. The molecule has 0 radical (unpaired) electrons. The summed E-state index contributed by atoms with van der Waals surface area (Å²) >= 11 is 0. The molecule has 7 nitrogen and oxygen atoms in total. The molecule has 1 aromatic heterocycles. The molecular formula is C30H33N3O4. The molecule has 1 heterocycles. The highest BCUT2D eigenvalue weighted by molar-refractivity contribution is 5.89. The molecule has 1 unspecified atom stereocenters. The van der Waals surface area contributed by atoms with Gasteiger partial charge in [-0.15, -0.1) is 0 Å². The minimum absolute atomic E-state index is 0.101. The van der Waals surface area contributed by atoms with Gasteiger partial charge in [-0.3, -0.25) is 9.48 Å². The molecule has 0 aliphatic rings. The van der Waals surface area contributed by atoms with Gasteiger partial charge in [-0.25, -0.2) is 9.48 Å². The summed E-state index contributed by atoms with van der Waals surface area (Å²) < 4.78 is 14.2. The van der Waals surface area contributed by atoms with Crippen molar-refractivity contribution in [1.82, 2.24) is 9.36 Å². The molecule has 0 saturated heterocycles. The van der Waals surface area contributed by atoms with Crippen LogP contribution in [0.5, 0.6) is 5.75 Å². The molecular weight excluding hydrogens is 466 g/mol. The normalized spacial score (nSPS) is 11.7. The van der Waals surface area contributed by atoms with Gasteiger partial charge >= 0.3 is 5.97 Å². The van der Waals surface area contributed by atoms with Crippen molar-refractivity contribution in [3.05, 3.63) is 112 Å². The number of aromatic nitrogens is 2. The van der Waals surface area contributed by atoms with E-state index in [-0.39, 0.29) is 11.5 Å². The van der Waals surface area contributed by atoms with E-state index in [1.54, 1.807) is 23.9 Å². The minimum atomic E-state index is -0.433. The van der Waals surface area contributed by atoms with Crippen molar-refractivity contribution in [2.75, 3.05) is 19.0 Å². The fourth-order valence-electron chi connectivity index (χ4n) is 4.30. The number of para-hydroxylation sites is 1. The predicted octanol–water partition coefficient (Wildman–Crippen LogP) is 5.65. The number of hydrogen-bond donors (Lipinski definition) is 1. The fraction of sp³-hybridized carbons (Fsp3) is 0.267. The van der Waals surface area contributed by atoms with Crippen LogP contribution in [0.4, 0.5) is 5.69 Å². The van der Waals surface area contributed by atoms with E-state index in [0.29, 0.717) is 17.7 Å². The number of nitrogens with one attached hydrogen (secondary N) is 1. The monoisotopic (exact) mass is 499 g/mol. The van der Waals surface area contributed by atoms with Gasteiger partial charge in [-0.05, 0) is 67.4 Å². The van der Waals surface area contributed by atoms with E-state index in [1.807, 2.05) is 85.4 Å². The second kappa shape index (κ2) is 11.6. The van der Waals surface area contributed by atoms with Crippen molar-refractivity contribution < 1.29 is 14.3 Å². The molecule has 7 heteroatoms. The Labute approximate surface area is 217 Å². The van der Waals surface area contributed by atoms with Crippen LogP contribution in [0.3, 0.4) is 0 Å². The zero-order valence-corrected chi connectivity index (χ0v) is 21.7. The van der Waals surface area contributed by atoms with Crippen LogP contribution in [0.1, 0.15) is 53.0 Å². The Hall–Kier alpha value is -4.26. The predicted molar refractivity (Wildman–Crippen MR) is 146 cm³/mol. The van der Waals surface area contributed by atoms with Crippen molar-refractivity contribution in [3.63, 3.8) is 0 Å². The van der Waals surface area contributed by atoms with Gasteiger partial charge in [-0.2, -0.15) is 0 Å². The van der Waals surface area contributed by atoms with E-state index >= 15 is 0 Å². The molecule has 0 spiro atoms. The number of anilines is 1. The largest absolute Gasteiger partial charge is 0.497 e. The molecule has 0 aliphatic heterocycles. The summed E-state index contributed by atoms with van der Waals surface area (Å²) in [4.78, 5) is 26.1. The van der Waals surface area contributed by atoms with Crippen LogP contribution < -0.4 is 15.6 Å². The number of methoxy groups -OCH3 is 1. The number of unbranched alkanes of at least 4 members (excludes halogenated alkanes) is 1. The maximum atomic E-state index is 13.8. The Balaban J connectivity index is 1.72. The van der Waals surface area contributed by atoms with Crippen LogP contribution in [-0.2, 0) is 11.8 Å². The first-order valence-corrected chi connectivity index (χ1v) is 12.5. The van der Waals surface area contributed by atoms with Crippen molar-refractivity contribution in [1.29, 1.82) is 0 Å². The van der Waals surface area contributed by atoms with Gasteiger partial charge in [0, 0.05) is 18.4 Å². The average molecular weight is 500 g/mol. The highest BCUT2D eigenvalue weighted by atomic mass is 16.5. The van der Waals surface area contributed by atoms with Crippen LogP contribution in [0.15, 0.2) is 83.7 Å². The average Bonchev–Trinajstić information content (AvgIpc) is 3.15. The number of esters is 1. The van der Waals surface area contributed by atoms with Crippen LogP contribution in [0.2, 0.25) is 0 Å². The lowest BCUT2D eigenvalue weighted by molar-refractivity contribution is 0.0500. The van der Waals surface area contributed by atoms with Crippen LogP contribution >= 0.6 is 0 Å². The summed E-state index contributed by atoms with van der Waals surface area (Å²) in [6.07, 6.45) is 1.81. The highest BCUT2D eigenvalue weighted by Crippen LogP contribution is 2.29. The molecule has 3 aromatic carbocycles. The Morgan fingerprint density at radius 1 is 0.973 bits per heavy atom. The smallest absolute Gasteiger partial charge is 0.338 e. The number of hydrogen-bond acceptors (Lipinski definition) is 5. The molecule has 0 saturated carbocycles. The first-order chi connectivity index (χ1) is 17.9. The van der Waals surface area contributed by atoms with Gasteiger partial charge in [0.15, 0.2) is 0 Å². The number of carbonyl (C=O) groups is 1. The maximum absolute atomic E-state index is 13.8. The first kappa shape index (κ1) is 25.8. The summed E-state index contributed by atoms with van der Waals surface area (Å²) in [6, 6.07) is 24.0. The van der Waals surface area contributed by atoms with Crippen molar-refractivity contribution >= 4 is 11.7 Å². The Kier molecular flexibility index (Phi) is 8.13. The zero-order valence-electron chi connectivity index (χ0n) is 21.7. The third-order valence-corrected chi connectivity index (χ3v) is 6.50. The second-order valence-electron chi connectivity index (χ2n) is 8.89. The number of benzene rings is 3. The van der Waals surface area contributed by atoms with Crippen molar-refractivity contribution in [2.45, 2.75) is 32.7 Å². The Morgan fingerprint density at radius 3 is 2.27 bits per heavy atom. The SMILES string of the molecule is CCCCOC(=O)c1ccc(NC(c2ccc(OC)cc2)c2c(C)n(C)n(-c3ccccc3)c2=O)cc1. The molecule has 1 atom stereocenters. The summed E-state index contributed by atoms with van der Waals surface area (Å²) in [6.45, 7) is 4.41. The summed E-state index contributed by atoms with van der Waals surface area (Å²) in [5.74, 6) is 0.399. The van der Waals surface area contributed by atoms with E-state index in [9.17, 15) is 9.59 Å². The topological polar surface area (TPSA) is 74.5 Å². The number of ether oxygens (including phenoxy) is 2. The first-order valence-electron chi connectivity index (χ1n) is 12.5. The van der Waals surface area contributed by atoms with E-state index in [2.05, 4.69) is 12.2 Å². The third kappa shape index (κ3) is 5.61. The van der Waals surface area contributed by atoms with Crippen LogP contribution in [0, 0.1) is 6.92 Å². The van der Waals surface area contributed by atoms with E-state index in [1.165, 1.54) is 0 Å². The highest BCUT2D eigenvalue weighted by Gasteiger charge is 2.26. The second-order valence-corrected chi connectivity index (χ2v) is 8.89. The molecule has 1 N–H and O–H groups in total. The van der Waals surface area contributed by atoms with E-state index < -0.39 is 6.04 Å². The van der Waals surface area contributed by atoms with Gasteiger partial charge in [0.25, 0.3) is 5.56 Å². The lowest BCUT2D eigenvalue weighted by Crippen LogP contribution is -2.24. The molecule has 0 amide bonds. The van der Waals surface area contributed by atoms with E-state index in [0.717, 1.165) is 41.2 Å². The zero-order chi connectivity index (χ0) is 26.4. The number of nitrogens with zero attached hydrogens (tertiary/aromatic N) is 2. The van der Waals surface area contributed by atoms with Gasteiger partial charge in [0.2, 0.25) is 0 Å². The number of carbonyl (C=O) groups excluding carboxylic acids is 1. The summed E-state index contributed by atoms with van der Waals surface area (Å²) in [7, 11) is 3.51. The Bertz CT molecular complexity index is 1390. The minimum Gasteiger partial charge on any atom is -0.497 e. The lowest BCUT2D eigenvalue weighted by Gasteiger charge is -2.20. The van der Waals surface area contributed by atoms with Crippen LogP contribution in [0.25, 0.3) is 5.69 Å². The van der Waals surface area contributed by atoms with Gasteiger partial charge in [0.05, 0.1) is 36.6 Å². The molecule has 192 valence electrons. The molecule has 0 fully saturated rings. The van der Waals surface area contributed by atoms with Crippen molar-refractivity contribution in [2.24, 2.45) is 7.05 Å². The number of rotatable bonds is 10. The summed E-state index contributed by atoms with van der Waals surface area (Å²) in [5.41, 5.74) is 4.36. The molecule has 4 rings (SSSR count). The fourth-order valence-corrected chi connectivity index (χ4v) is 4.30. The van der Waals surface area contributed by atoms with Gasteiger partial charge < -0.3 is 14.8 Å². The Morgan fingerprint density at radius 2 is 1.65 bits per heavy atom. The lowest BCUT2D eigenvalue weighted by atomic mass is 9.98. The molecule has 0 aliphatic carbocycles. The van der Waals surface area contributed by atoms with Gasteiger partial charge in [-0.1, -0.05) is 43.7 Å². The van der Waals surface area contributed by atoms with Crippen molar-refractivity contribution in [3.8, 4) is 11.4 Å². The maximum Gasteiger partial charge on any atom is 0.338 e.